The summed E-state index contributed by atoms with van der Waals surface area (Å²) < 4.78 is 24.1. The maximum absolute atomic E-state index is 11.4. The number of imidazole rings is 1. The second kappa shape index (κ2) is 6.28. The lowest BCUT2D eigenvalue weighted by Gasteiger charge is -2.23. The Hall–Kier alpha value is -2.34. The number of hydrazone groups is 1. The van der Waals surface area contributed by atoms with E-state index in [4.69, 9.17) is 0 Å². The fraction of sp³-hybridized carbons (Fsp3) is 0.417. The maximum Gasteiger partial charge on any atom is 0.342 e. The Morgan fingerprint density at radius 2 is 2.12 bits per heavy atom. The molecule has 12 heteroatoms. The molecule has 2 aromatic rings. The first-order valence-electron chi connectivity index (χ1n) is 6.97. The zero-order chi connectivity index (χ0) is 17.3. The molecule has 1 aliphatic heterocycles. The first kappa shape index (κ1) is 16.5. The van der Waals surface area contributed by atoms with E-state index >= 15 is 0 Å². The zero-order valence-corrected chi connectivity index (χ0v) is 14.3. The third-order valence-corrected chi connectivity index (χ3v) is 6.00. The SMILES string of the molecule is Cn1c([N+](=O)[O-])cnc1-c1nc(/C=N\N2CCS(=O)(=O)CC2)cs1. The van der Waals surface area contributed by atoms with Crippen LogP contribution in [-0.2, 0) is 16.9 Å². The summed E-state index contributed by atoms with van der Waals surface area (Å²) in [5.41, 5.74) is 0.592. The predicted molar refractivity (Wildman–Crippen MR) is 88.8 cm³/mol. The molecule has 0 bridgehead atoms. The molecule has 128 valence electrons. The number of hydrogen-bond donors (Lipinski definition) is 0. The van der Waals surface area contributed by atoms with Gasteiger partial charge in [-0.1, -0.05) is 0 Å². The van der Waals surface area contributed by atoms with Crippen LogP contribution in [-0.4, -0.2) is 63.7 Å². The van der Waals surface area contributed by atoms with Crippen molar-refractivity contribution in [1.82, 2.24) is 19.5 Å². The van der Waals surface area contributed by atoms with Crippen molar-refractivity contribution in [2.75, 3.05) is 24.6 Å². The fourth-order valence-electron chi connectivity index (χ4n) is 2.18. The lowest BCUT2D eigenvalue weighted by molar-refractivity contribution is -0.391. The largest absolute Gasteiger partial charge is 0.358 e. The minimum absolute atomic E-state index is 0.101. The summed E-state index contributed by atoms with van der Waals surface area (Å²) in [7, 11) is -1.38. The van der Waals surface area contributed by atoms with Crippen LogP contribution in [0.3, 0.4) is 0 Å². The van der Waals surface area contributed by atoms with Crippen LogP contribution in [0, 0.1) is 10.1 Å². The van der Waals surface area contributed by atoms with E-state index in [0.29, 0.717) is 29.6 Å². The van der Waals surface area contributed by atoms with E-state index in [9.17, 15) is 18.5 Å². The topological polar surface area (TPSA) is 124 Å². The average molecular weight is 370 g/mol. The van der Waals surface area contributed by atoms with Crippen molar-refractivity contribution >= 4 is 33.2 Å². The van der Waals surface area contributed by atoms with Crippen molar-refractivity contribution in [2.45, 2.75) is 0 Å². The number of hydrogen-bond acceptors (Lipinski definition) is 9. The molecular formula is C12H14N6O4S2. The number of aromatic nitrogens is 3. The molecule has 0 radical (unpaired) electrons. The summed E-state index contributed by atoms with van der Waals surface area (Å²) in [6.45, 7) is 0.725. The maximum atomic E-state index is 11.4. The zero-order valence-electron chi connectivity index (χ0n) is 12.7. The molecular weight excluding hydrogens is 356 g/mol. The van der Waals surface area contributed by atoms with Crippen LogP contribution in [0.15, 0.2) is 16.7 Å². The van der Waals surface area contributed by atoms with Crippen molar-refractivity contribution in [2.24, 2.45) is 12.1 Å². The Bertz CT molecular complexity index is 887. The summed E-state index contributed by atoms with van der Waals surface area (Å²) in [5, 5.41) is 19.1. The summed E-state index contributed by atoms with van der Waals surface area (Å²) in [6.07, 6.45) is 2.74. The predicted octanol–water partition coefficient (Wildman–Crippen LogP) is 0.516. The summed E-state index contributed by atoms with van der Waals surface area (Å²) >= 11 is 1.31. The molecule has 3 rings (SSSR count). The molecule has 0 N–H and O–H groups in total. The molecule has 0 aromatic carbocycles. The fourth-order valence-corrected chi connectivity index (χ4v) is 4.16. The van der Waals surface area contributed by atoms with E-state index in [-0.39, 0.29) is 17.3 Å². The van der Waals surface area contributed by atoms with Gasteiger partial charge >= 0.3 is 5.82 Å². The average Bonchev–Trinajstić information content (AvgIpc) is 3.12. The first-order chi connectivity index (χ1) is 11.4. The third kappa shape index (κ3) is 3.43. The van der Waals surface area contributed by atoms with Gasteiger partial charge in [-0.15, -0.1) is 11.3 Å². The number of thiazole rings is 1. The minimum atomic E-state index is -2.94. The van der Waals surface area contributed by atoms with E-state index < -0.39 is 14.8 Å². The highest BCUT2D eigenvalue weighted by Gasteiger charge is 2.21. The smallest absolute Gasteiger partial charge is 0.342 e. The molecule has 0 amide bonds. The first-order valence-corrected chi connectivity index (χ1v) is 9.67. The van der Waals surface area contributed by atoms with Gasteiger partial charge in [-0.05, 0) is 4.92 Å². The van der Waals surface area contributed by atoms with Crippen molar-refractivity contribution in [1.29, 1.82) is 0 Å². The minimum Gasteiger partial charge on any atom is -0.358 e. The van der Waals surface area contributed by atoms with Gasteiger partial charge in [0.2, 0.25) is 0 Å². The highest BCUT2D eigenvalue weighted by molar-refractivity contribution is 7.91. The summed E-state index contributed by atoms with van der Waals surface area (Å²) in [5.74, 6) is 0.507. The Morgan fingerprint density at radius 3 is 2.75 bits per heavy atom. The number of sulfone groups is 1. The van der Waals surface area contributed by atoms with Crippen LogP contribution in [0.2, 0.25) is 0 Å². The molecule has 1 aliphatic rings. The van der Waals surface area contributed by atoms with E-state index in [2.05, 4.69) is 15.1 Å². The Morgan fingerprint density at radius 1 is 1.42 bits per heavy atom. The van der Waals surface area contributed by atoms with Crippen LogP contribution in [0.25, 0.3) is 10.8 Å². The van der Waals surface area contributed by atoms with Gasteiger partial charge in [-0.25, -0.2) is 23.0 Å². The highest BCUT2D eigenvalue weighted by atomic mass is 32.2. The lowest BCUT2D eigenvalue weighted by Crippen LogP contribution is -2.37. The van der Waals surface area contributed by atoms with Crippen LogP contribution in [0.5, 0.6) is 0 Å². The summed E-state index contributed by atoms with van der Waals surface area (Å²) in [4.78, 5) is 18.7. The van der Waals surface area contributed by atoms with Gasteiger partial charge in [0.05, 0.1) is 43.6 Å². The standard InChI is InChI=1S/C12H14N6O4S2/c1-16-10(18(19)20)7-13-11(16)12-15-9(8-23-12)6-14-17-2-4-24(21,22)5-3-17/h6-8H,2-5H2,1H3/b14-6-. The molecule has 10 nitrogen and oxygen atoms in total. The second-order valence-corrected chi connectivity index (χ2v) is 8.35. The molecule has 0 spiro atoms. The molecule has 0 atom stereocenters. The summed E-state index contributed by atoms with van der Waals surface area (Å²) in [6, 6.07) is 0. The molecule has 2 aromatic heterocycles. The normalized spacial score (nSPS) is 17.5. The monoisotopic (exact) mass is 370 g/mol. The van der Waals surface area contributed by atoms with Gasteiger partial charge in [0.1, 0.15) is 6.20 Å². The second-order valence-electron chi connectivity index (χ2n) is 5.18. The quantitative estimate of drug-likeness (QED) is 0.436. The number of nitrogens with zero attached hydrogens (tertiary/aromatic N) is 6. The molecule has 0 saturated carbocycles. The van der Waals surface area contributed by atoms with Crippen LogP contribution >= 0.6 is 11.3 Å². The van der Waals surface area contributed by atoms with Crippen LogP contribution in [0.4, 0.5) is 5.82 Å². The molecule has 3 heterocycles. The van der Waals surface area contributed by atoms with Crippen LogP contribution < -0.4 is 0 Å². The van der Waals surface area contributed by atoms with E-state index in [1.165, 1.54) is 22.1 Å². The van der Waals surface area contributed by atoms with E-state index in [1.54, 1.807) is 23.7 Å². The van der Waals surface area contributed by atoms with Gasteiger partial charge in [0, 0.05) is 5.38 Å². The van der Waals surface area contributed by atoms with Crippen molar-refractivity contribution < 1.29 is 13.3 Å². The molecule has 0 aliphatic carbocycles. The van der Waals surface area contributed by atoms with Crippen molar-refractivity contribution in [3.8, 4) is 10.8 Å². The highest BCUT2D eigenvalue weighted by Crippen LogP contribution is 2.25. The molecule has 24 heavy (non-hydrogen) atoms. The van der Waals surface area contributed by atoms with Crippen LogP contribution in [0.1, 0.15) is 5.69 Å². The van der Waals surface area contributed by atoms with E-state index in [0.717, 1.165) is 0 Å². The van der Waals surface area contributed by atoms with Gasteiger partial charge in [0.25, 0.3) is 5.82 Å². The van der Waals surface area contributed by atoms with Gasteiger partial charge < -0.3 is 10.1 Å². The van der Waals surface area contributed by atoms with E-state index in [1.807, 2.05) is 0 Å². The molecule has 0 unspecified atom stereocenters. The number of nitro groups is 1. The Kier molecular flexibility index (Phi) is 4.32. The Balaban J connectivity index is 1.72. The van der Waals surface area contributed by atoms with Crippen molar-refractivity contribution in [3.05, 3.63) is 27.4 Å². The lowest BCUT2D eigenvalue weighted by atomic mass is 10.5. The number of rotatable bonds is 4. The van der Waals surface area contributed by atoms with Crippen molar-refractivity contribution in [3.63, 3.8) is 0 Å². The molecule has 1 fully saturated rings. The van der Waals surface area contributed by atoms with Gasteiger partial charge in [-0.2, -0.15) is 5.10 Å². The molecule has 1 saturated heterocycles. The third-order valence-electron chi connectivity index (χ3n) is 3.54. The Labute approximate surface area is 141 Å². The van der Waals surface area contributed by atoms with Gasteiger partial charge in [-0.3, -0.25) is 5.01 Å². The van der Waals surface area contributed by atoms with Gasteiger partial charge in [0.15, 0.2) is 14.8 Å².